The molecule has 0 aliphatic heterocycles. The van der Waals surface area contributed by atoms with E-state index in [0.29, 0.717) is 17.1 Å². The first-order chi connectivity index (χ1) is 12.2. The van der Waals surface area contributed by atoms with Gasteiger partial charge < -0.3 is 10.5 Å². The van der Waals surface area contributed by atoms with Crippen LogP contribution in [-0.2, 0) is 10.9 Å². The summed E-state index contributed by atoms with van der Waals surface area (Å²) in [5, 5.41) is 0. The van der Waals surface area contributed by atoms with Gasteiger partial charge in [0.2, 0.25) is 0 Å². The van der Waals surface area contributed by atoms with E-state index in [1.54, 1.807) is 19.9 Å². The molecule has 2 aromatic rings. The Morgan fingerprint density at radius 2 is 2.08 bits per heavy atom. The van der Waals surface area contributed by atoms with Gasteiger partial charge in [-0.05, 0) is 32.1 Å². The van der Waals surface area contributed by atoms with Crippen LogP contribution in [-0.4, -0.2) is 34.4 Å². The topological polar surface area (TPSA) is 86.3 Å². The second-order valence-electron chi connectivity index (χ2n) is 5.49. The van der Waals surface area contributed by atoms with Crippen LogP contribution in [0.2, 0.25) is 0 Å². The molecule has 0 amide bonds. The number of hydrogen-bond donors (Lipinski definition) is 1. The fourth-order valence-electron chi connectivity index (χ4n) is 2.15. The molecule has 0 radical (unpaired) electrons. The Kier molecular flexibility index (Phi) is 6.04. The summed E-state index contributed by atoms with van der Waals surface area (Å²) in [5.41, 5.74) is 5.88. The third kappa shape index (κ3) is 4.85. The van der Waals surface area contributed by atoms with Crippen LogP contribution in [0.25, 0.3) is 11.4 Å². The Balaban J connectivity index is 2.57. The smallest absolute Gasteiger partial charge is 0.402 e. The highest BCUT2D eigenvalue weighted by molar-refractivity contribution is 5.98. The Morgan fingerprint density at radius 1 is 1.35 bits per heavy atom. The Bertz CT molecular complexity index is 843. The molecule has 9 heteroatoms. The van der Waals surface area contributed by atoms with E-state index < -0.39 is 11.7 Å². The van der Waals surface area contributed by atoms with Crippen LogP contribution in [0.15, 0.2) is 41.3 Å². The summed E-state index contributed by atoms with van der Waals surface area (Å²) in [7, 11) is 1.49. The number of hydrogen-bond acceptors (Lipinski definition) is 6. The van der Waals surface area contributed by atoms with Crippen molar-refractivity contribution < 1.29 is 17.9 Å². The predicted molar refractivity (Wildman–Crippen MR) is 91.9 cm³/mol. The van der Waals surface area contributed by atoms with Crippen LogP contribution in [0.4, 0.5) is 19.0 Å². The highest BCUT2D eigenvalue weighted by atomic mass is 19.4. The van der Waals surface area contributed by atoms with Gasteiger partial charge in [0.05, 0.1) is 29.8 Å². The summed E-state index contributed by atoms with van der Waals surface area (Å²) in [6.07, 6.45) is -0.447. The number of alkyl halides is 3. The Hall–Kier alpha value is -2.81. The largest absolute Gasteiger partial charge is 0.418 e. The van der Waals surface area contributed by atoms with Crippen LogP contribution >= 0.6 is 0 Å². The molecule has 2 rings (SSSR count). The van der Waals surface area contributed by atoms with E-state index in [9.17, 15) is 13.2 Å². The van der Waals surface area contributed by atoms with Gasteiger partial charge in [0.15, 0.2) is 5.82 Å². The van der Waals surface area contributed by atoms with Crippen LogP contribution in [0.3, 0.4) is 0 Å². The van der Waals surface area contributed by atoms with Crippen molar-refractivity contribution in [2.24, 2.45) is 10.7 Å². The molecule has 138 valence electrons. The van der Waals surface area contributed by atoms with Gasteiger partial charge in [-0.25, -0.2) is 9.98 Å². The quantitative estimate of drug-likeness (QED) is 0.820. The highest BCUT2D eigenvalue weighted by Gasteiger charge is 2.34. The van der Waals surface area contributed by atoms with Crippen molar-refractivity contribution in [1.82, 2.24) is 15.0 Å². The van der Waals surface area contributed by atoms with Crippen molar-refractivity contribution in [1.29, 1.82) is 0 Å². The van der Waals surface area contributed by atoms with E-state index in [4.69, 9.17) is 10.5 Å². The van der Waals surface area contributed by atoms with Crippen molar-refractivity contribution in [3.8, 4) is 11.4 Å². The average molecular weight is 365 g/mol. The normalized spacial score (nSPS) is 13.2. The third-order valence-electron chi connectivity index (χ3n) is 3.22. The van der Waals surface area contributed by atoms with Crippen molar-refractivity contribution in [2.75, 3.05) is 13.7 Å². The predicted octanol–water partition coefficient (Wildman–Crippen LogP) is 3.45. The minimum atomic E-state index is -4.56. The van der Waals surface area contributed by atoms with E-state index in [-0.39, 0.29) is 23.8 Å². The monoisotopic (exact) mass is 365 g/mol. The lowest BCUT2D eigenvalue weighted by molar-refractivity contribution is -0.137. The first kappa shape index (κ1) is 19.5. The molecule has 0 spiro atoms. The van der Waals surface area contributed by atoms with Gasteiger partial charge in [0.25, 0.3) is 0 Å². The number of rotatable bonds is 5. The van der Waals surface area contributed by atoms with Crippen LogP contribution in [0, 0.1) is 6.92 Å². The molecule has 0 aliphatic rings. The number of ether oxygens (including phenoxy) is 1. The number of allylic oxidation sites excluding steroid dienone is 1. The molecular weight excluding hydrogens is 347 g/mol. The highest BCUT2D eigenvalue weighted by Crippen LogP contribution is 2.35. The fourth-order valence-corrected chi connectivity index (χ4v) is 2.15. The lowest BCUT2D eigenvalue weighted by atomic mass is 10.1. The zero-order chi connectivity index (χ0) is 19.3. The van der Waals surface area contributed by atoms with Crippen molar-refractivity contribution >= 4 is 11.5 Å². The molecule has 0 saturated heterocycles. The Labute approximate surface area is 148 Å². The van der Waals surface area contributed by atoms with Gasteiger partial charge >= 0.3 is 6.18 Å². The molecule has 2 heterocycles. The second kappa shape index (κ2) is 8.05. The van der Waals surface area contributed by atoms with E-state index in [0.717, 1.165) is 6.07 Å². The van der Waals surface area contributed by atoms with Gasteiger partial charge in [-0.3, -0.25) is 9.97 Å². The molecule has 6 nitrogen and oxygen atoms in total. The molecule has 26 heavy (non-hydrogen) atoms. The minimum Gasteiger partial charge on any atom is -0.402 e. The maximum Gasteiger partial charge on any atom is 0.418 e. The average Bonchev–Trinajstić information content (AvgIpc) is 2.56. The molecule has 0 aliphatic carbocycles. The van der Waals surface area contributed by atoms with E-state index in [2.05, 4.69) is 19.9 Å². The summed E-state index contributed by atoms with van der Waals surface area (Å²) in [4.78, 5) is 16.5. The number of aliphatic imine (C=N–C) groups is 1. The summed E-state index contributed by atoms with van der Waals surface area (Å²) in [6.45, 7) is 3.50. The Morgan fingerprint density at radius 3 is 2.69 bits per heavy atom. The number of aryl methyl sites for hydroxylation is 1. The number of nitrogens with zero attached hydrogens (tertiary/aromatic N) is 4. The van der Waals surface area contributed by atoms with Crippen LogP contribution in [0.5, 0.6) is 0 Å². The lowest BCUT2D eigenvalue weighted by Gasteiger charge is -2.11. The standard InChI is InChI=1S/C17H18F3N5O/c1-10(21)7-12(9-26-3)24-16-11(2)23-8-14(25-16)15-13(17(18,19)20)5-4-6-22-15/h4-8H,9,21H2,1-3H3/b10-7+,24-12?. The first-order valence-corrected chi connectivity index (χ1v) is 7.59. The fraction of sp³-hybridized carbons (Fsp3) is 0.294. The van der Waals surface area contributed by atoms with Crippen molar-refractivity contribution in [3.05, 3.63) is 47.6 Å². The molecule has 0 fully saturated rings. The SMILES string of the molecule is COCC(/C=C(\C)N)=Nc1nc(-c2ncccc2C(F)(F)F)cnc1C. The molecule has 0 atom stereocenters. The van der Waals surface area contributed by atoms with E-state index in [1.165, 1.54) is 25.6 Å². The molecule has 0 saturated carbocycles. The number of methoxy groups -OCH3 is 1. The number of nitrogens with two attached hydrogens (primary N) is 1. The summed E-state index contributed by atoms with van der Waals surface area (Å²) in [5.74, 6) is 0.172. The summed E-state index contributed by atoms with van der Waals surface area (Å²) >= 11 is 0. The van der Waals surface area contributed by atoms with E-state index in [1.807, 2.05) is 0 Å². The van der Waals surface area contributed by atoms with Gasteiger partial charge in [0.1, 0.15) is 11.4 Å². The van der Waals surface area contributed by atoms with Gasteiger partial charge in [-0.1, -0.05) is 0 Å². The van der Waals surface area contributed by atoms with Gasteiger partial charge in [-0.2, -0.15) is 13.2 Å². The lowest BCUT2D eigenvalue weighted by Crippen LogP contribution is -2.09. The molecule has 0 bridgehead atoms. The number of halogens is 3. The molecule has 0 unspecified atom stereocenters. The molecule has 2 aromatic heterocycles. The zero-order valence-electron chi connectivity index (χ0n) is 14.5. The molecular formula is C17H18F3N5O. The summed E-state index contributed by atoms with van der Waals surface area (Å²) < 4.78 is 44.7. The van der Waals surface area contributed by atoms with Crippen LogP contribution in [0.1, 0.15) is 18.2 Å². The second-order valence-corrected chi connectivity index (χ2v) is 5.49. The first-order valence-electron chi connectivity index (χ1n) is 7.59. The van der Waals surface area contributed by atoms with Crippen LogP contribution < -0.4 is 5.73 Å². The zero-order valence-corrected chi connectivity index (χ0v) is 14.5. The molecule has 2 N–H and O–H groups in total. The van der Waals surface area contributed by atoms with Gasteiger partial charge in [0, 0.05) is 19.0 Å². The van der Waals surface area contributed by atoms with Crippen molar-refractivity contribution in [2.45, 2.75) is 20.0 Å². The number of pyridine rings is 1. The van der Waals surface area contributed by atoms with Gasteiger partial charge in [-0.15, -0.1) is 0 Å². The van der Waals surface area contributed by atoms with E-state index >= 15 is 0 Å². The minimum absolute atomic E-state index is 0.0208. The number of aromatic nitrogens is 3. The molecule has 0 aromatic carbocycles. The maximum atomic E-state index is 13.2. The maximum absolute atomic E-state index is 13.2. The summed E-state index contributed by atoms with van der Waals surface area (Å²) in [6, 6.07) is 2.17. The van der Waals surface area contributed by atoms with Crippen molar-refractivity contribution in [3.63, 3.8) is 0 Å². The third-order valence-corrected chi connectivity index (χ3v) is 3.22.